The molecule has 3 heterocycles. The molecule has 145 heavy (non-hydrogen) atoms. The Balaban J connectivity index is 0.000000187. The number of carbonyl (C=O) groups is 6. The lowest BCUT2D eigenvalue weighted by atomic mass is 9.83. The van der Waals surface area contributed by atoms with Gasteiger partial charge in [-0.25, -0.2) is 13.2 Å². The molecule has 35 heteroatoms. The van der Waals surface area contributed by atoms with Crippen LogP contribution in [0.5, 0.6) is 0 Å². The molecule has 18 nitrogen and oxygen atoms in total. The molecule has 0 spiro atoms. The van der Waals surface area contributed by atoms with Gasteiger partial charge in [-0.2, -0.15) is 52.7 Å². The van der Waals surface area contributed by atoms with Gasteiger partial charge in [-0.05, 0) is 336 Å². The summed E-state index contributed by atoms with van der Waals surface area (Å²) in [5.74, 6) is -6.80. The molecule has 6 fully saturated rings. The van der Waals surface area contributed by atoms with Crippen LogP contribution in [0.1, 0.15) is 255 Å². The second-order valence-electron chi connectivity index (χ2n) is 37.2. The number of nitrogen functional groups attached to an aromatic ring is 2. The first-order valence-corrected chi connectivity index (χ1v) is 50.1. The Labute approximate surface area is 869 Å². The first-order valence-electron chi connectivity index (χ1n) is 50.4. The first kappa shape index (κ1) is 106. The van der Waals surface area contributed by atoms with Gasteiger partial charge >= 0.3 is 30.7 Å². The number of carbonyl (C=O) groups excluding carboxylic acids is 6. The second kappa shape index (κ2) is 50.7. The number of nitrogens with zero attached hydrogens (tertiary/aromatic N) is 3. The molecular weight excluding hydrogens is 2130 g/mol. The van der Waals surface area contributed by atoms with Crippen molar-refractivity contribution >= 4 is 120 Å². The van der Waals surface area contributed by atoms with Crippen LogP contribution < -0.4 is 38.1 Å². The summed E-state index contributed by atoms with van der Waals surface area (Å²) in [6.45, 7) is 13.6. The van der Waals surface area contributed by atoms with E-state index in [2.05, 4.69) is 31.7 Å². The number of likely N-dealkylation sites (tertiary alicyclic amines) is 3. The lowest BCUT2D eigenvalue weighted by molar-refractivity contribution is -0.152. The number of alkyl halides is 12. The predicted octanol–water partition coefficient (Wildman–Crippen LogP) is 27.8. The molecule has 778 valence electrons. The van der Waals surface area contributed by atoms with Gasteiger partial charge in [0, 0.05) is 86.1 Å². The summed E-state index contributed by atoms with van der Waals surface area (Å²) in [5.41, 5.74) is 14.6. The number of esters is 1. The summed E-state index contributed by atoms with van der Waals surface area (Å²) >= 11 is 3.81. The van der Waals surface area contributed by atoms with Crippen LogP contribution in [0.2, 0.25) is 0 Å². The van der Waals surface area contributed by atoms with E-state index in [-0.39, 0.29) is 92.8 Å². The Morgan fingerprint density at radius 3 is 1.08 bits per heavy atom. The van der Waals surface area contributed by atoms with E-state index in [4.69, 9.17) is 23.1 Å². The Morgan fingerprint density at radius 2 is 0.731 bits per heavy atom. The fourth-order valence-corrected chi connectivity index (χ4v) is 21.1. The molecule has 6 atom stereocenters. The van der Waals surface area contributed by atoms with Gasteiger partial charge in [0.05, 0.1) is 92.6 Å². The zero-order valence-electron chi connectivity index (χ0n) is 86.3. The monoisotopic (exact) mass is 2250 g/mol. The van der Waals surface area contributed by atoms with Gasteiger partial charge in [0.15, 0.2) is 0 Å². The van der Waals surface area contributed by atoms with Crippen molar-refractivity contribution in [1.29, 1.82) is 1.43 Å². The number of hydrogen-bond donors (Lipinski definition) is 8. The van der Waals surface area contributed by atoms with Gasteiger partial charge in [0.1, 0.15) is 17.5 Å². The average Bonchev–Trinajstić information content (AvgIpc) is 0.866. The third-order valence-electron chi connectivity index (χ3n) is 27.0. The van der Waals surface area contributed by atoms with E-state index in [1.54, 1.807) is 67.8 Å². The number of benzene rings is 10. The van der Waals surface area contributed by atoms with Crippen molar-refractivity contribution in [2.24, 2.45) is 17.8 Å². The van der Waals surface area contributed by atoms with Crippen LogP contribution >= 0.6 is 45.2 Å². The second-order valence-corrected chi connectivity index (χ2v) is 39.5. The van der Waals surface area contributed by atoms with E-state index in [1.165, 1.54) is 132 Å². The smallest absolute Gasteiger partial charge is 0.416 e. The summed E-state index contributed by atoms with van der Waals surface area (Å²) in [5, 5.41) is 19.1. The zero-order chi connectivity index (χ0) is 110. The van der Waals surface area contributed by atoms with Crippen LogP contribution in [0.15, 0.2) is 188 Å². The molecule has 0 bridgehead atoms. The molecule has 3 aliphatic heterocycles. The number of hydrogen-bond acceptors (Lipinski definition) is 13. The van der Waals surface area contributed by atoms with E-state index in [9.17, 15) is 94.6 Å². The quantitative estimate of drug-likeness (QED) is 0.0172. The van der Waals surface area contributed by atoms with Gasteiger partial charge in [0.2, 0.25) is 13.2 Å². The number of nitrogens with one attached hydrogen (secondary N) is 5. The molecule has 5 amide bonds. The van der Waals surface area contributed by atoms with Gasteiger partial charge in [-0.1, -0.05) is 123 Å². The van der Waals surface area contributed by atoms with Crippen LogP contribution in [0, 0.1) is 90.8 Å². The highest BCUT2D eigenvalue weighted by molar-refractivity contribution is 14.1. The van der Waals surface area contributed by atoms with Crippen molar-refractivity contribution in [3.8, 4) is 0 Å². The number of ether oxygens (including phenoxy) is 1. The number of rotatable bonds is 18. The maximum Gasteiger partial charge on any atom is 0.416 e. The van der Waals surface area contributed by atoms with E-state index in [0.717, 1.165) is 78.6 Å². The van der Waals surface area contributed by atoms with Crippen molar-refractivity contribution in [1.82, 2.24) is 14.7 Å². The normalized spacial score (nSPS) is 18.8. The van der Waals surface area contributed by atoms with E-state index < -0.39 is 131 Å². The SMILES string of the molecule is CCOC(=O)[C@H]1CCCN(C(=O)c2c(C)cccc2F)[C@H]1c1ccc(NC2CCCC2)cc1.Cc1cc(I)c(N)cc1C(F)(F)F.Cc1cc(I)c(NC(=O)[C@H]2CCCN(C(=O)c3c(C)cccc3F)[C@H]2c2ccc(NC3CCCC3)cc2)cc1C(F)(F)F.Cc1ccc(N)cc1C(F)(F)F.[2H]OC([2H])([2H])[2H].[2H]c1cc(C)c(C(F)(F)F)cc1NC(=O)[C@H]1CCCN(C(=O)c2c(C)cccc2F)[C@H]1c1ccc(NC2CCCC2)cc1. The molecule has 16 rings (SSSR count). The number of amides is 5. The molecule has 0 aromatic heterocycles. The molecule has 3 saturated carbocycles. The van der Waals surface area contributed by atoms with Crippen molar-refractivity contribution < 1.29 is 110 Å². The molecule has 0 radical (unpaired) electrons. The van der Waals surface area contributed by atoms with Gasteiger partial charge in [0.25, 0.3) is 17.7 Å². The highest BCUT2D eigenvalue weighted by atomic mass is 127. The Morgan fingerprint density at radius 1 is 0.400 bits per heavy atom. The summed E-state index contributed by atoms with van der Waals surface area (Å²) in [7, 11) is -2.54. The van der Waals surface area contributed by atoms with Crippen LogP contribution in [-0.4, -0.2) is 108 Å². The predicted molar refractivity (Wildman–Crippen MR) is 551 cm³/mol. The first-order chi connectivity index (χ1) is 70.7. The van der Waals surface area contributed by atoms with Crippen molar-refractivity contribution in [3.05, 3.63) is 307 Å². The Kier molecular flexibility index (Phi) is 37.1. The largest absolute Gasteiger partial charge is 0.466 e. The van der Waals surface area contributed by atoms with Crippen molar-refractivity contribution in [3.63, 3.8) is 0 Å². The third-order valence-corrected chi connectivity index (χ3v) is 28.8. The lowest BCUT2D eigenvalue weighted by Crippen LogP contribution is -2.46. The number of piperidine rings is 3. The van der Waals surface area contributed by atoms with Gasteiger partial charge < -0.3 is 62.6 Å². The van der Waals surface area contributed by atoms with Crippen molar-refractivity contribution in [2.75, 3.05) is 71.3 Å². The van der Waals surface area contributed by atoms with Crippen LogP contribution in [0.25, 0.3) is 0 Å². The summed E-state index contributed by atoms with van der Waals surface area (Å²) in [4.78, 5) is 86.6. The summed E-state index contributed by atoms with van der Waals surface area (Å²) in [6.07, 6.45) is -0.907. The maximum absolute atomic E-state index is 15.0. The molecule has 10 aromatic carbocycles. The van der Waals surface area contributed by atoms with Crippen molar-refractivity contribution in [2.45, 2.75) is 232 Å². The number of anilines is 7. The minimum atomic E-state index is -4.65. The third kappa shape index (κ3) is 29.5. The van der Waals surface area contributed by atoms with Crippen LogP contribution in [-0.2, 0) is 43.8 Å². The van der Waals surface area contributed by atoms with E-state index in [0.29, 0.717) is 105 Å². The van der Waals surface area contributed by atoms with E-state index >= 15 is 0 Å². The van der Waals surface area contributed by atoms with Crippen LogP contribution in [0.4, 0.5) is 106 Å². The Bertz CT molecular complexity index is 6080. The summed E-state index contributed by atoms with van der Waals surface area (Å²) in [6, 6.07) is 45.9. The number of halogens is 17. The number of nitrogens with two attached hydrogens (primary N) is 2. The number of aliphatic hydroxyl groups is 1. The molecule has 10 N–H and O–H groups in total. The maximum atomic E-state index is 15.0. The Hall–Kier alpha value is -11.6. The standard InChI is InChI=1S/C33H34F4IN3O2.C33H35F4N3O2.C27H33FN2O3.C8H7F3IN.C8H8F3N.CH4O/c1-19-7-5-11-26(34)29(19)32(43)41-16-6-10-24(30(41)21-12-14-23(15-13-21)39-22-8-3-4-9-22)31(42)40-28-18-25(33(35,36)37)20(2)17-27(28)38;1-20-12-15-25(19-27(20)33(35,36)37)39-31(41)26-10-6-18-40(32(42)29-21(2)7-5-11-28(29)34)30(26)22-13-16-24(17-14-22)38-23-8-3-4-9-23;1-3-33-27(32)22-11-7-17-30(26(31)24-18(2)8-6-12-23(24)28)25(22)19-13-15-21(16-14-19)29-20-9-4-5-10-20;1-4-2-6(12)7(13)3-5(4)8(9,10)11;1-5-2-3-6(12)4-7(5)8(9,10)11;1-2/h5,7,11-15,17-18,22,24,30,39H,3-4,6,8-10,16H2,1-2H3,(H,40,42);5,7,11-17,19,23,26,30,38H,3-4,6,8-10,18H2,1-2H3,(H,39,41);6,8,12-16,20,22,25,29H,3-5,7,9-11,17H2,1-2H3;2-3H,13H2,1H3;2-4H,12H2,1H3;2H,1H3/t24-,30-;26-,30-;22-,25-;;;/m000.../s1/i;15D;;;;1D3,2D. The van der Waals surface area contributed by atoms with Gasteiger partial charge in [-0.3, -0.25) is 28.8 Å². The molecule has 3 aliphatic carbocycles. The highest BCUT2D eigenvalue weighted by Crippen LogP contribution is 2.47. The average molecular weight is 2260 g/mol. The van der Waals surface area contributed by atoms with E-state index in [1.807, 2.05) is 118 Å². The molecular formula is C110H121F15I2N10O8. The molecule has 6 aliphatic rings. The lowest BCUT2D eigenvalue weighted by Gasteiger charge is -2.41. The number of aryl methyl sites for hydroxylation is 7. The summed E-state index contributed by atoms with van der Waals surface area (Å²) < 4.78 is 239. The molecule has 10 aromatic rings. The molecule has 3 saturated heterocycles. The fraction of sp³-hybridized carbons (Fsp3) is 0.400. The van der Waals surface area contributed by atoms with Gasteiger partial charge in [-0.15, -0.1) is 0 Å². The van der Waals surface area contributed by atoms with Crippen LogP contribution in [0.3, 0.4) is 0 Å². The zero-order valence-corrected chi connectivity index (χ0v) is 85.6. The highest BCUT2D eigenvalue weighted by Gasteiger charge is 2.47. The topological polar surface area (TPSA) is 254 Å². The minimum absolute atomic E-state index is 0.0454. The minimum Gasteiger partial charge on any atom is -0.466 e. The molecule has 0 unspecified atom stereocenters. The fourth-order valence-electron chi connectivity index (χ4n) is 19.7.